The van der Waals surface area contributed by atoms with E-state index in [1.807, 2.05) is 0 Å². The van der Waals surface area contributed by atoms with Crippen molar-refractivity contribution in [3.05, 3.63) is 17.5 Å². The minimum Gasteiger partial charge on any atom is -0.379 e. The van der Waals surface area contributed by atoms with Crippen molar-refractivity contribution in [1.82, 2.24) is 14.5 Å². The molecule has 1 aliphatic heterocycles. The van der Waals surface area contributed by atoms with Gasteiger partial charge in [0.25, 0.3) is 10.0 Å². The summed E-state index contributed by atoms with van der Waals surface area (Å²) < 4.78 is 30.9. The summed E-state index contributed by atoms with van der Waals surface area (Å²) in [5.41, 5.74) is 0. The first-order chi connectivity index (χ1) is 10.5. The monoisotopic (exact) mass is 347 g/mol. The largest absolute Gasteiger partial charge is 0.379 e. The van der Waals surface area contributed by atoms with Crippen LogP contribution in [-0.2, 0) is 19.6 Å². The molecule has 1 aromatic rings. The Balaban J connectivity index is 1.74. The van der Waals surface area contributed by atoms with E-state index in [1.165, 1.54) is 13.1 Å². The lowest BCUT2D eigenvalue weighted by molar-refractivity contribution is -0.121. The molecular formula is C13H21N3O4S2. The maximum Gasteiger partial charge on any atom is 0.252 e. The lowest BCUT2D eigenvalue weighted by Crippen LogP contribution is -2.43. The molecule has 1 N–H and O–H groups in total. The minimum absolute atomic E-state index is 0.177. The van der Waals surface area contributed by atoms with E-state index >= 15 is 0 Å². The molecule has 0 spiro atoms. The number of carbonyl (C=O) groups is 1. The zero-order valence-electron chi connectivity index (χ0n) is 12.5. The number of morpholine rings is 1. The molecule has 2 rings (SSSR count). The number of carbonyl (C=O) groups excluding carboxylic acids is 1. The fourth-order valence-electron chi connectivity index (χ4n) is 2.09. The fourth-order valence-corrected chi connectivity index (χ4v) is 4.41. The minimum atomic E-state index is -3.57. The fraction of sp³-hybridized carbons (Fsp3) is 0.615. The van der Waals surface area contributed by atoms with Crippen molar-refractivity contribution in [2.75, 3.05) is 53.0 Å². The molecule has 22 heavy (non-hydrogen) atoms. The third-order valence-electron chi connectivity index (χ3n) is 3.38. The van der Waals surface area contributed by atoms with Gasteiger partial charge in [0.05, 0.1) is 19.8 Å². The van der Waals surface area contributed by atoms with Gasteiger partial charge in [-0.25, -0.2) is 8.42 Å². The van der Waals surface area contributed by atoms with Crippen molar-refractivity contribution in [1.29, 1.82) is 0 Å². The SMILES string of the molecule is CN(CC(=O)NCCN1CCOCC1)S(=O)(=O)c1cccs1. The third kappa shape index (κ3) is 4.75. The summed E-state index contributed by atoms with van der Waals surface area (Å²) >= 11 is 1.14. The molecule has 0 aliphatic carbocycles. The molecule has 0 radical (unpaired) electrons. The topological polar surface area (TPSA) is 79.0 Å². The van der Waals surface area contributed by atoms with E-state index in [1.54, 1.807) is 11.4 Å². The molecule has 1 aliphatic rings. The summed E-state index contributed by atoms with van der Waals surface area (Å²) in [4.78, 5) is 14.1. The van der Waals surface area contributed by atoms with E-state index in [2.05, 4.69) is 10.2 Å². The van der Waals surface area contributed by atoms with Crippen LogP contribution >= 0.6 is 11.3 Å². The number of amides is 1. The number of nitrogens with one attached hydrogen (secondary N) is 1. The molecule has 7 nitrogen and oxygen atoms in total. The first-order valence-electron chi connectivity index (χ1n) is 7.07. The Labute approximate surface area is 134 Å². The Morgan fingerprint density at radius 3 is 2.82 bits per heavy atom. The summed E-state index contributed by atoms with van der Waals surface area (Å²) in [6, 6.07) is 3.21. The normalized spacial score (nSPS) is 16.8. The predicted octanol–water partition coefficient (Wildman–Crippen LogP) is -0.183. The van der Waals surface area contributed by atoms with Gasteiger partial charge >= 0.3 is 0 Å². The smallest absolute Gasteiger partial charge is 0.252 e. The molecule has 0 unspecified atom stereocenters. The average molecular weight is 347 g/mol. The van der Waals surface area contributed by atoms with Crippen molar-refractivity contribution < 1.29 is 17.9 Å². The van der Waals surface area contributed by atoms with Crippen LogP contribution in [-0.4, -0.2) is 76.5 Å². The Hall–Kier alpha value is -1.00. The average Bonchev–Trinajstić information content (AvgIpc) is 3.03. The van der Waals surface area contributed by atoms with Gasteiger partial charge in [-0.15, -0.1) is 11.3 Å². The van der Waals surface area contributed by atoms with Gasteiger partial charge in [0, 0.05) is 33.2 Å². The van der Waals surface area contributed by atoms with Crippen molar-refractivity contribution in [3.63, 3.8) is 0 Å². The van der Waals surface area contributed by atoms with Crippen molar-refractivity contribution in [3.8, 4) is 0 Å². The number of hydrogen-bond donors (Lipinski definition) is 1. The first-order valence-corrected chi connectivity index (χ1v) is 9.39. The summed E-state index contributed by atoms with van der Waals surface area (Å²) in [6.07, 6.45) is 0. The summed E-state index contributed by atoms with van der Waals surface area (Å²) in [5, 5.41) is 4.45. The number of sulfonamides is 1. The predicted molar refractivity (Wildman–Crippen MR) is 84.4 cm³/mol. The lowest BCUT2D eigenvalue weighted by Gasteiger charge is -2.26. The van der Waals surface area contributed by atoms with Gasteiger partial charge in [0.1, 0.15) is 4.21 Å². The summed E-state index contributed by atoms with van der Waals surface area (Å²) in [7, 11) is -2.16. The first kappa shape index (κ1) is 17.4. The number of likely N-dealkylation sites (N-methyl/N-ethyl adjacent to an activating group) is 1. The molecule has 124 valence electrons. The molecule has 1 saturated heterocycles. The zero-order valence-corrected chi connectivity index (χ0v) is 14.2. The molecule has 9 heteroatoms. The second-order valence-electron chi connectivity index (χ2n) is 5.00. The van der Waals surface area contributed by atoms with Crippen LogP contribution in [0.2, 0.25) is 0 Å². The van der Waals surface area contributed by atoms with Gasteiger partial charge < -0.3 is 10.1 Å². The Morgan fingerprint density at radius 2 is 2.18 bits per heavy atom. The molecule has 1 aromatic heterocycles. The molecule has 1 amide bonds. The Morgan fingerprint density at radius 1 is 1.45 bits per heavy atom. The van der Waals surface area contributed by atoms with Crippen molar-refractivity contribution >= 4 is 27.3 Å². The molecule has 0 bridgehead atoms. The summed E-state index contributed by atoms with van der Waals surface area (Å²) in [5.74, 6) is -0.295. The van der Waals surface area contributed by atoms with Crippen LogP contribution in [0.3, 0.4) is 0 Å². The van der Waals surface area contributed by atoms with Gasteiger partial charge in [0.2, 0.25) is 5.91 Å². The Bertz CT molecular complexity index is 568. The molecule has 0 saturated carbocycles. The standard InChI is InChI=1S/C13H21N3O4S2/c1-15(22(18,19)13-3-2-10-21-13)11-12(17)14-4-5-16-6-8-20-9-7-16/h2-3,10H,4-9,11H2,1H3,(H,14,17). The maximum atomic E-state index is 12.2. The number of nitrogens with zero attached hydrogens (tertiary/aromatic N) is 2. The third-order valence-corrected chi connectivity index (χ3v) is 6.56. The van der Waals surface area contributed by atoms with E-state index in [0.717, 1.165) is 48.5 Å². The molecular weight excluding hydrogens is 326 g/mol. The van der Waals surface area contributed by atoms with Crippen LogP contribution in [0, 0.1) is 0 Å². The van der Waals surface area contributed by atoms with Gasteiger partial charge in [-0.2, -0.15) is 4.31 Å². The quantitative estimate of drug-likeness (QED) is 0.740. The summed E-state index contributed by atoms with van der Waals surface area (Å²) in [6.45, 7) is 4.24. The van der Waals surface area contributed by atoms with Gasteiger partial charge in [-0.05, 0) is 11.4 Å². The van der Waals surface area contributed by atoms with Crippen LogP contribution in [0.4, 0.5) is 0 Å². The van der Waals surface area contributed by atoms with Gasteiger partial charge in [-0.1, -0.05) is 6.07 Å². The molecule has 0 aromatic carbocycles. The van der Waals surface area contributed by atoms with Gasteiger partial charge in [0.15, 0.2) is 0 Å². The molecule has 1 fully saturated rings. The van der Waals surface area contributed by atoms with E-state index in [-0.39, 0.29) is 16.7 Å². The highest BCUT2D eigenvalue weighted by Crippen LogP contribution is 2.19. The van der Waals surface area contributed by atoms with E-state index in [0.29, 0.717) is 6.54 Å². The highest BCUT2D eigenvalue weighted by Gasteiger charge is 2.23. The van der Waals surface area contributed by atoms with Crippen molar-refractivity contribution in [2.24, 2.45) is 0 Å². The lowest BCUT2D eigenvalue weighted by atomic mass is 10.4. The van der Waals surface area contributed by atoms with E-state index in [9.17, 15) is 13.2 Å². The number of ether oxygens (including phenoxy) is 1. The maximum absolute atomic E-state index is 12.2. The van der Waals surface area contributed by atoms with Crippen LogP contribution < -0.4 is 5.32 Å². The highest BCUT2D eigenvalue weighted by molar-refractivity contribution is 7.91. The molecule has 2 heterocycles. The molecule has 0 atom stereocenters. The number of thiophene rings is 1. The van der Waals surface area contributed by atoms with Crippen LogP contribution in [0.15, 0.2) is 21.7 Å². The van der Waals surface area contributed by atoms with Gasteiger partial charge in [-0.3, -0.25) is 9.69 Å². The highest BCUT2D eigenvalue weighted by atomic mass is 32.2. The van der Waals surface area contributed by atoms with Crippen LogP contribution in [0.5, 0.6) is 0 Å². The zero-order chi connectivity index (χ0) is 16.0. The van der Waals surface area contributed by atoms with Crippen LogP contribution in [0.1, 0.15) is 0 Å². The number of hydrogen-bond acceptors (Lipinski definition) is 6. The van der Waals surface area contributed by atoms with E-state index in [4.69, 9.17) is 4.74 Å². The number of rotatable bonds is 7. The van der Waals surface area contributed by atoms with Crippen molar-refractivity contribution in [2.45, 2.75) is 4.21 Å². The Kier molecular flexibility index (Phi) is 6.33. The second-order valence-corrected chi connectivity index (χ2v) is 8.22. The van der Waals surface area contributed by atoms with Crippen LogP contribution in [0.25, 0.3) is 0 Å². The van der Waals surface area contributed by atoms with E-state index < -0.39 is 10.0 Å². The second kappa shape index (κ2) is 8.02.